The minimum absolute atomic E-state index is 0.0366. The van der Waals surface area contributed by atoms with Gasteiger partial charge in [0.15, 0.2) is 0 Å². The molecule has 0 bridgehead atoms. The van der Waals surface area contributed by atoms with Gasteiger partial charge in [-0.05, 0) is 26.3 Å². The average molecular weight is 260 g/mol. The van der Waals surface area contributed by atoms with Gasteiger partial charge >= 0.3 is 5.97 Å². The Morgan fingerprint density at radius 3 is 2.58 bits per heavy atom. The lowest BCUT2D eigenvalue weighted by Crippen LogP contribution is -2.51. The van der Waals surface area contributed by atoms with Crippen molar-refractivity contribution in [3.05, 3.63) is 41.5 Å². The first-order chi connectivity index (χ1) is 9.13. The van der Waals surface area contributed by atoms with Crippen LogP contribution in [0.4, 0.5) is 0 Å². The topological polar surface area (TPSA) is 50.4 Å². The summed E-state index contributed by atoms with van der Waals surface area (Å²) in [7, 11) is 0. The van der Waals surface area contributed by atoms with Gasteiger partial charge in [0.1, 0.15) is 0 Å². The van der Waals surface area contributed by atoms with Gasteiger partial charge in [-0.15, -0.1) is 0 Å². The van der Waals surface area contributed by atoms with E-state index in [0.29, 0.717) is 12.2 Å². The molecule has 0 radical (unpaired) electrons. The summed E-state index contributed by atoms with van der Waals surface area (Å²) in [5.41, 5.74) is 2.52. The highest BCUT2D eigenvalue weighted by molar-refractivity contribution is 5.99. The smallest absolute Gasteiger partial charge is 0.337 e. The first-order valence-corrected chi connectivity index (χ1v) is 6.62. The average Bonchev–Trinajstić information content (AvgIpc) is 2.39. The fourth-order valence-electron chi connectivity index (χ4n) is 2.34. The molecule has 0 spiro atoms. The second kappa shape index (κ2) is 5.89. The summed E-state index contributed by atoms with van der Waals surface area (Å²) in [6.07, 6.45) is 0.114. The van der Waals surface area contributed by atoms with Gasteiger partial charge < -0.3 is 10.1 Å². The Bertz CT molecular complexity index is 482. The van der Waals surface area contributed by atoms with Crippen molar-refractivity contribution >= 4 is 11.7 Å². The predicted octanol–water partition coefficient (Wildman–Crippen LogP) is 1.89. The van der Waals surface area contributed by atoms with Crippen LogP contribution in [0, 0.1) is 0 Å². The molecule has 4 heteroatoms. The first kappa shape index (κ1) is 13.6. The van der Waals surface area contributed by atoms with Crippen molar-refractivity contribution in [3.63, 3.8) is 0 Å². The van der Waals surface area contributed by atoms with Crippen LogP contribution in [0.3, 0.4) is 0 Å². The van der Waals surface area contributed by atoms with E-state index in [2.05, 4.69) is 10.6 Å². The number of benzene rings is 1. The molecule has 0 unspecified atom stereocenters. The van der Waals surface area contributed by atoms with E-state index in [4.69, 9.17) is 4.74 Å². The Morgan fingerprint density at radius 1 is 1.26 bits per heavy atom. The van der Waals surface area contributed by atoms with Gasteiger partial charge in [-0.1, -0.05) is 30.3 Å². The SMILES string of the molecule is CCOC(=O)C1=C(c2ccccc2)N[C@@H](C)N[C@@H]1C. The van der Waals surface area contributed by atoms with E-state index in [1.54, 1.807) is 0 Å². The summed E-state index contributed by atoms with van der Waals surface area (Å²) in [5.74, 6) is -0.263. The van der Waals surface area contributed by atoms with Gasteiger partial charge in [-0.2, -0.15) is 0 Å². The lowest BCUT2D eigenvalue weighted by molar-refractivity contribution is -0.138. The zero-order chi connectivity index (χ0) is 13.8. The summed E-state index contributed by atoms with van der Waals surface area (Å²) in [5, 5.41) is 6.62. The summed E-state index contributed by atoms with van der Waals surface area (Å²) >= 11 is 0. The molecule has 0 fully saturated rings. The van der Waals surface area contributed by atoms with E-state index in [9.17, 15) is 4.79 Å². The van der Waals surface area contributed by atoms with Crippen LogP contribution >= 0.6 is 0 Å². The number of hydrogen-bond donors (Lipinski definition) is 2. The Hall–Kier alpha value is -1.81. The third-order valence-corrected chi connectivity index (χ3v) is 3.12. The number of ether oxygens (including phenoxy) is 1. The molecule has 2 rings (SSSR count). The zero-order valence-corrected chi connectivity index (χ0v) is 11.6. The van der Waals surface area contributed by atoms with Crippen LogP contribution in [-0.4, -0.2) is 24.8 Å². The molecule has 1 aliphatic rings. The van der Waals surface area contributed by atoms with Crippen LogP contribution in [0.2, 0.25) is 0 Å². The van der Waals surface area contributed by atoms with E-state index in [1.165, 1.54) is 0 Å². The summed E-state index contributed by atoms with van der Waals surface area (Å²) in [4.78, 5) is 12.1. The molecule has 0 aliphatic carbocycles. The third kappa shape index (κ3) is 2.96. The van der Waals surface area contributed by atoms with Crippen LogP contribution in [0.5, 0.6) is 0 Å². The van der Waals surface area contributed by atoms with Crippen molar-refractivity contribution in [2.24, 2.45) is 0 Å². The van der Waals surface area contributed by atoms with Crippen molar-refractivity contribution in [1.29, 1.82) is 0 Å². The maximum absolute atomic E-state index is 12.1. The molecule has 0 saturated heterocycles. The molecular formula is C15H20N2O2. The molecule has 1 aromatic rings. The van der Waals surface area contributed by atoms with Gasteiger partial charge in [0.2, 0.25) is 0 Å². The minimum Gasteiger partial charge on any atom is -0.463 e. The lowest BCUT2D eigenvalue weighted by atomic mass is 9.98. The van der Waals surface area contributed by atoms with Gasteiger partial charge in [0.25, 0.3) is 0 Å². The number of hydrogen-bond acceptors (Lipinski definition) is 4. The van der Waals surface area contributed by atoms with Gasteiger partial charge in [0, 0.05) is 6.04 Å². The van der Waals surface area contributed by atoms with Crippen LogP contribution < -0.4 is 10.6 Å². The Labute approximate surface area is 113 Å². The van der Waals surface area contributed by atoms with Crippen molar-refractivity contribution < 1.29 is 9.53 Å². The highest BCUT2D eigenvalue weighted by atomic mass is 16.5. The van der Waals surface area contributed by atoms with Crippen LogP contribution in [-0.2, 0) is 9.53 Å². The number of nitrogens with one attached hydrogen (secondary N) is 2. The Kier molecular flexibility index (Phi) is 4.22. The van der Waals surface area contributed by atoms with Crippen LogP contribution in [0.25, 0.3) is 5.70 Å². The van der Waals surface area contributed by atoms with Gasteiger partial charge in [0.05, 0.1) is 24.0 Å². The van der Waals surface area contributed by atoms with Crippen LogP contribution in [0.1, 0.15) is 26.3 Å². The molecule has 0 saturated carbocycles. The molecule has 102 valence electrons. The zero-order valence-electron chi connectivity index (χ0n) is 11.6. The molecule has 1 aromatic carbocycles. The summed E-state index contributed by atoms with van der Waals surface area (Å²) in [6.45, 7) is 6.21. The molecule has 2 atom stereocenters. The maximum Gasteiger partial charge on any atom is 0.337 e. The van der Waals surface area contributed by atoms with E-state index in [0.717, 1.165) is 11.3 Å². The molecule has 2 N–H and O–H groups in total. The van der Waals surface area contributed by atoms with Gasteiger partial charge in [-0.25, -0.2) is 4.79 Å². The van der Waals surface area contributed by atoms with Crippen molar-refractivity contribution in [2.75, 3.05) is 6.61 Å². The highest BCUT2D eigenvalue weighted by Crippen LogP contribution is 2.23. The van der Waals surface area contributed by atoms with Gasteiger partial charge in [-0.3, -0.25) is 5.32 Å². The number of esters is 1. The molecule has 1 heterocycles. The van der Waals surface area contributed by atoms with E-state index in [-0.39, 0.29) is 18.2 Å². The second-order valence-corrected chi connectivity index (χ2v) is 4.63. The number of carbonyl (C=O) groups is 1. The molecular weight excluding hydrogens is 240 g/mol. The molecule has 0 aromatic heterocycles. The summed E-state index contributed by atoms with van der Waals surface area (Å²) < 4.78 is 5.16. The summed E-state index contributed by atoms with van der Waals surface area (Å²) in [6, 6.07) is 9.83. The standard InChI is InChI=1S/C15H20N2O2/c1-4-19-15(18)13-10(2)16-11(3)17-14(13)12-8-6-5-7-9-12/h5-11,16-17H,4H2,1-3H3/t10-,11+/m1/s1. The lowest BCUT2D eigenvalue weighted by Gasteiger charge is -2.32. The molecule has 19 heavy (non-hydrogen) atoms. The van der Waals surface area contributed by atoms with E-state index >= 15 is 0 Å². The molecule has 1 aliphatic heterocycles. The van der Waals surface area contributed by atoms with Crippen molar-refractivity contribution in [3.8, 4) is 0 Å². The third-order valence-electron chi connectivity index (χ3n) is 3.12. The maximum atomic E-state index is 12.1. The molecule has 4 nitrogen and oxygen atoms in total. The fraction of sp³-hybridized carbons (Fsp3) is 0.400. The van der Waals surface area contributed by atoms with Crippen molar-refractivity contribution in [1.82, 2.24) is 10.6 Å². The fourth-order valence-corrected chi connectivity index (χ4v) is 2.34. The monoisotopic (exact) mass is 260 g/mol. The quantitative estimate of drug-likeness (QED) is 0.815. The highest BCUT2D eigenvalue weighted by Gasteiger charge is 2.29. The Morgan fingerprint density at radius 2 is 1.95 bits per heavy atom. The minimum atomic E-state index is -0.263. The van der Waals surface area contributed by atoms with E-state index in [1.807, 2.05) is 51.1 Å². The number of rotatable bonds is 3. The van der Waals surface area contributed by atoms with Crippen molar-refractivity contribution in [2.45, 2.75) is 33.0 Å². The first-order valence-electron chi connectivity index (χ1n) is 6.62. The largest absolute Gasteiger partial charge is 0.463 e. The van der Waals surface area contributed by atoms with E-state index < -0.39 is 0 Å². The van der Waals surface area contributed by atoms with Crippen LogP contribution in [0.15, 0.2) is 35.9 Å². The number of carbonyl (C=O) groups excluding carboxylic acids is 1. The predicted molar refractivity (Wildman–Crippen MR) is 75.2 cm³/mol. The normalized spacial score (nSPS) is 22.9. The molecule has 0 amide bonds. The second-order valence-electron chi connectivity index (χ2n) is 4.63. The Balaban J connectivity index is 2.46.